The van der Waals surface area contributed by atoms with Gasteiger partial charge in [-0.05, 0) is 32.8 Å². The number of pyridine rings is 1. The van der Waals surface area contributed by atoms with Crippen LogP contribution in [-0.4, -0.2) is 43.4 Å². The molecule has 1 N–H and O–H groups in total. The summed E-state index contributed by atoms with van der Waals surface area (Å²) in [6.07, 6.45) is 1.45. The lowest BCUT2D eigenvalue weighted by Gasteiger charge is -2.21. The maximum Gasteiger partial charge on any atom is 0.407 e. The van der Waals surface area contributed by atoms with Gasteiger partial charge in [0.2, 0.25) is 5.88 Å². The maximum absolute atomic E-state index is 11.9. The predicted octanol–water partition coefficient (Wildman–Crippen LogP) is 1.95. The summed E-state index contributed by atoms with van der Waals surface area (Å²) < 4.78 is 14.9. The van der Waals surface area contributed by atoms with Gasteiger partial charge in [0.25, 0.3) is 0 Å². The van der Waals surface area contributed by atoms with Crippen LogP contribution in [0, 0.1) is 5.92 Å². The Kier molecular flexibility index (Phi) is 6.81. The van der Waals surface area contributed by atoms with E-state index in [0.717, 1.165) is 5.56 Å². The molecule has 1 rings (SSSR count). The van der Waals surface area contributed by atoms with Gasteiger partial charge in [-0.1, -0.05) is 6.07 Å². The molecule has 1 aromatic heterocycles. The van der Waals surface area contributed by atoms with Gasteiger partial charge in [-0.15, -0.1) is 0 Å². The second-order valence-corrected chi connectivity index (χ2v) is 6.02. The molecule has 0 bridgehead atoms. The highest BCUT2D eigenvalue weighted by atomic mass is 16.6. The van der Waals surface area contributed by atoms with Crippen molar-refractivity contribution in [1.29, 1.82) is 0 Å². The van der Waals surface area contributed by atoms with Gasteiger partial charge in [0.15, 0.2) is 0 Å². The van der Waals surface area contributed by atoms with E-state index in [9.17, 15) is 9.59 Å². The van der Waals surface area contributed by atoms with Crippen LogP contribution in [0.5, 0.6) is 5.88 Å². The summed E-state index contributed by atoms with van der Waals surface area (Å²) in [5.41, 5.74) is 0.247. The highest BCUT2D eigenvalue weighted by Crippen LogP contribution is 2.13. The molecule has 0 saturated carbocycles. The molecule has 0 aliphatic heterocycles. The normalized spacial score (nSPS) is 12.2. The molecule has 7 nitrogen and oxygen atoms in total. The highest BCUT2D eigenvalue weighted by Gasteiger charge is 2.23. The van der Waals surface area contributed by atoms with Crippen LogP contribution in [0.25, 0.3) is 0 Å². The van der Waals surface area contributed by atoms with Crippen LogP contribution in [0.1, 0.15) is 26.3 Å². The molecule has 0 aromatic carbocycles. The summed E-state index contributed by atoms with van der Waals surface area (Å²) in [5.74, 6) is -0.435. The lowest BCUT2D eigenvalue weighted by Crippen LogP contribution is -2.38. The number of hydrogen-bond donors (Lipinski definition) is 1. The monoisotopic (exact) mass is 324 g/mol. The average Bonchev–Trinajstić information content (AvgIpc) is 2.49. The minimum absolute atomic E-state index is 0.119. The lowest BCUT2D eigenvalue weighted by molar-refractivity contribution is -0.145. The molecule has 128 valence electrons. The number of nitrogens with zero attached hydrogens (tertiary/aromatic N) is 1. The first kappa shape index (κ1) is 18.7. The Morgan fingerprint density at radius 2 is 1.96 bits per heavy atom. The third-order valence-corrected chi connectivity index (χ3v) is 2.92. The summed E-state index contributed by atoms with van der Waals surface area (Å²) in [7, 11) is 2.85. The smallest absolute Gasteiger partial charge is 0.407 e. The van der Waals surface area contributed by atoms with Gasteiger partial charge in [0.1, 0.15) is 5.60 Å². The minimum Gasteiger partial charge on any atom is -0.481 e. The minimum atomic E-state index is -0.593. The topological polar surface area (TPSA) is 86.8 Å². The van der Waals surface area contributed by atoms with Crippen LogP contribution in [0.2, 0.25) is 0 Å². The molecule has 0 saturated heterocycles. The number of carbonyl (C=O) groups is 2. The molecular weight excluding hydrogens is 300 g/mol. The van der Waals surface area contributed by atoms with Gasteiger partial charge in [0.05, 0.1) is 20.1 Å². The van der Waals surface area contributed by atoms with Crippen LogP contribution >= 0.6 is 0 Å². The van der Waals surface area contributed by atoms with E-state index >= 15 is 0 Å². The number of ether oxygens (including phenoxy) is 3. The molecule has 1 unspecified atom stereocenters. The zero-order valence-corrected chi connectivity index (χ0v) is 14.2. The van der Waals surface area contributed by atoms with Gasteiger partial charge in [0, 0.05) is 18.8 Å². The van der Waals surface area contributed by atoms with Gasteiger partial charge in [-0.2, -0.15) is 0 Å². The van der Waals surface area contributed by atoms with Crippen LogP contribution in [0.3, 0.4) is 0 Å². The van der Waals surface area contributed by atoms with Crippen molar-refractivity contribution in [2.24, 2.45) is 5.92 Å². The van der Waals surface area contributed by atoms with Crippen molar-refractivity contribution in [3.05, 3.63) is 23.9 Å². The third kappa shape index (κ3) is 6.99. The Hall–Kier alpha value is -2.31. The summed E-state index contributed by atoms with van der Waals surface area (Å²) >= 11 is 0. The van der Waals surface area contributed by atoms with E-state index in [4.69, 9.17) is 14.2 Å². The van der Waals surface area contributed by atoms with Crippen LogP contribution in [0.4, 0.5) is 4.79 Å². The molecule has 1 atom stereocenters. The summed E-state index contributed by atoms with van der Waals surface area (Å²) in [6.45, 7) is 5.43. The number of carbonyl (C=O) groups excluding carboxylic acids is 2. The molecule has 1 heterocycles. The molecule has 0 fully saturated rings. The lowest BCUT2D eigenvalue weighted by atomic mass is 10.0. The number of hydrogen-bond acceptors (Lipinski definition) is 6. The number of amides is 1. The van der Waals surface area contributed by atoms with Gasteiger partial charge < -0.3 is 19.5 Å². The Labute approximate surface area is 136 Å². The van der Waals surface area contributed by atoms with Crippen LogP contribution < -0.4 is 10.1 Å². The van der Waals surface area contributed by atoms with E-state index in [1.807, 2.05) is 6.07 Å². The molecule has 0 spiro atoms. The van der Waals surface area contributed by atoms with Crippen LogP contribution in [0.15, 0.2) is 18.3 Å². The SMILES string of the molecule is COC(=O)C(CNC(=O)OC(C)(C)C)Cc1ccc(OC)nc1. The second-order valence-electron chi connectivity index (χ2n) is 6.02. The molecule has 0 aliphatic carbocycles. The number of rotatable bonds is 6. The van der Waals surface area contributed by atoms with E-state index in [-0.39, 0.29) is 6.54 Å². The van der Waals surface area contributed by atoms with Gasteiger partial charge in [-0.3, -0.25) is 4.79 Å². The molecule has 0 aliphatic rings. The molecule has 1 amide bonds. The number of methoxy groups -OCH3 is 2. The number of alkyl carbamates (subject to hydrolysis) is 1. The highest BCUT2D eigenvalue weighted by molar-refractivity contribution is 5.74. The molecule has 7 heteroatoms. The Bertz CT molecular complexity index is 522. The Morgan fingerprint density at radius 1 is 1.26 bits per heavy atom. The largest absolute Gasteiger partial charge is 0.481 e. The van der Waals surface area contributed by atoms with Crippen molar-refractivity contribution in [3.63, 3.8) is 0 Å². The van der Waals surface area contributed by atoms with Crippen molar-refractivity contribution in [1.82, 2.24) is 10.3 Å². The van der Waals surface area contributed by atoms with Gasteiger partial charge in [-0.25, -0.2) is 9.78 Å². The Balaban J connectivity index is 2.65. The van der Waals surface area contributed by atoms with E-state index in [1.165, 1.54) is 14.2 Å². The van der Waals surface area contributed by atoms with E-state index in [1.54, 1.807) is 33.0 Å². The number of aromatic nitrogens is 1. The second kappa shape index (κ2) is 8.36. The fraction of sp³-hybridized carbons (Fsp3) is 0.562. The first-order valence-electron chi connectivity index (χ1n) is 7.28. The zero-order valence-electron chi connectivity index (χ0n) is 14.2. The van der Waals surface area contributed by atoms with E-state index in [0.29, 0.717) is 12.3 Å². The fourth-order valence-electron chi connectivity index (χ4n) is 1.86. The van der Waals surface area contributed by atoms with Crippen molar-refractivity contribution in [2.75, 3.05) is 20.8 Å². The fourth-order valence-corrected chi connectivity index (χ4v) is 1.86. The van der Waals surface area contributed by atoms with Crippen molar-refractivity contribution in [2.45, 2.75) is 32.8 Å². The van der Waals surface area contributed by atoms with Crippen LogP contribution in [-0.2, 0) is 20.7 Å². The third-order valence-electron chi connectivity index (χ3n) is 2.92. The van der Waals surface area contributed by atoms with Crippen molar-refractivity contribution >= 4 is 12.1 Å². The number of esters is 1. The number of nitrogens with one attached hydrogen (secondary N) is 1. The van der Waals surface area contributed by atoms with Gasteiger partial charge >= 0.3 is 12.1 Å². The first-order chi connectivity index (χ1) is 10.7. The summed E-state index contributed by atoms with van der Waals surface area (Å²) in [5, 5.41) is 2.59. The summed E-state index contributed by atoms with van der Waals surface area (Å²) in [6, 6.07) is 3.53. The van der Waals surface area contributed by atoms with E-state index in [2.05, 4.69) is 10.3 Å². The first-order valence-corrected chi connectivity index (χ1v) is 7.28. The average molecular weight is 324 g/mol. The predicted molar refractivity (Wildman–Crippen MR) is 84.2 cm³/mol. The van der Waals surface area contributed by atoms with Crippen molar-refractivity contribution in [3.8, 4) is 5.88 Å². The zero-order chi connectivity index (χ0) is 17.5. The molecule has 23 heavy (non-hydrogen) atoms. The van der Waals surface area contributed by atoms with Crippen molar-refractivity contribution < 1.29 is 23.8 Å². The van der Waals surface area contributed by atoms with E-state index < -0.39 is 23.6 Å². The summed E-state index contributed by atoms with van der Waals surface area (Å²) in [4.78, 5) is 27.7. The standard InChI is InChI=1S/C16H24N2O5/c1-16(2,3)23-15(20)18-10-12(14(19)22-5)8-11-6-7-13(21-4)17-9-11/h6-7,9,12H,8,10H2,1-5H3,(H,18,20). The molecular formula is C16H24N2O5. The Morgan fingerprint density at radius 3 is 2.43 bits per heavy atom. The quantitative estimate of drug-likeness (QED) is 0.805. The molecule has 1 aromatic rings. The maximum atomic E-state index is 11.9. The molecule has 0 radical (unpaired) electrons.